The lowest BCUT2D eigenvalue weighted by Crippen LogP contribution is -2.35. The Kier molecular flexibility index (Phi) is 2.97. The number of hydrogen-bond donors (Lipinski definition) is 0. The minimum absolute atomic E-state index is 0.436. The molecule has 0 bridgehead atoms. The van der Waals surface area contributed by atoms with Crippen LogP contribution in [0.5, 0.6) is 0 Å². The fourth-order valence-electron chi connectivity index (χ4n) is 1.57. The first-order chi connectivity index (χ1) is 5.38. The van der Waals surface area contributed by atoms with Crippen LogP contribution < -0.4 is 0 Å². The molecule has 1 unspecified atom stereocenters. The van der Waals surface area contributed by atoms with E-state index in [1.807, 2.05) is 11.0 Å². The molecule has 0 N–H and O–H groups in total. The van der Waals surface area contributed by atoms with Gasteiger partial charge in [0.2, 0.25) is 0 Å². The fourth-order valence-corrected chi connectivity index (χ4v) is 1.57. The molecule has 0 aromatic heterocycles. The van der Waals surface area contributed by atoms with Gasteiger partial charge < -0.3 is 4.90 Å². The Balaban J connectivity index is 2.45. The summed E-state index contributed by atoms with van der Waals surface area (Å²) in [4.78, 5) is 1.88. The molecular weight excluding hydrogens is 136 g/mol. The van der Waals surface area contributed by atoms with E-state index >= 15 is 0 Å². The van der Waals surface area contributed by atoms with Crippen molar-refractivity contribution < 1.29 is 0 Å². The van der Waals surface area contributed by atoms with Crippen molar-refractivity contribution in [3.05, 3.63) is 12.7 Å². The molecule has 1 aliphatic rings. The van der Waals surface area contributed by atoms with Gasteiger partial charge in [0.25, 0.3) is 0 Å². The lowest BCUT2D eigenvalue weighted by molar-refractivity contribution is 0.225. The third-order valence-corrected chi connectivity index (χ3v) is 2.19. The SMILES string of the molecule is C=CCC1CCCCN1C#N. The van der Waals surface area contributed by atoms with Crippen LogP contribution in [0.3, 0.4) is 0 Å². The molecule has 2 nitrogen and oxygen atoms in total. The normalized spacial score (nSPS) is 24.3. The lowest BCUT2D eigenvalue weighted by Gasteiger charge is -2.30. The second-order valence-electron chi connectivity index (χ2n) is 2.97. The van der Waals surface area contributed by atoms with Crippen LogP contribution in [0.2, 0.25) is 0 Å². The van der Waals surface area contributed by atoms with E-state index in [0.717, 1.165) is 19.4 Å². The molecule has 0 aliphatic carbocycles. The van der Waals surface area contributed by atoms with E-state index in [1.165, 1.54) is 12.8 Å². The molecule has 0 spiro atoms. The summed E-state index contributed by atoms with van der Waals surface area (Å²) in [6.45, 7) is 4.63. The van der Waals surface area contributed by atoms with Crippen molar-refractivity contribution in [3.8, 4) is 6.19 Å². The molecule has 0 saturated carbocycles. The summed E-state index contributed by atoms with van der Waals surface area (Å²) >= 11 is 0. The van der Waals surface area contributed by atoms with Crippen molar-refractivity contribution in [2.75, 3.05) is 6.54 Å². The first-order valence-electron chi connectivity index (χ1n) is 4.15. The van der Waals surface area contributed by atoms with E-state index in [0.29, 0.717) is 6.04 Å². The van der Waals surface area contributed by atoms with Crippen molar-refractivity contribution in [2.24, 2.45) is 0 Å². The van der Waals surface area contributed by atoms with Crippen molar-refractivity contribution >= 4 is 0 Å². The Morgan fingerprint density at radius 1 is 1.64 bits per heavy atom. The highest BCUT2D eigenvalue weighted by atomic mass is 15.1. The van der Waals surface area contributed by atoms with Crippen molar-refractivity contribution in [1.82, 2.24) is 4.90 Å². The second kappa shape index (κ2) is 4.02. The van der Waals surface area contributed by atoms with Crippen LogP contribution in [-0.2, 0) is 0 Å². The summed E-state index contributed by atoms with van der Waals surface area (Å²) in [6.07, 6.45) is 8.66. The quantitative estimate of drug-likeness (QED) is 0.444. The van der Waals surface area contributed by atoms with E-state index in [2.05, 4.69) is 12.8 Å². The molecular formula is C9H14N2. The summed E-state index contributed by atoms with van der Waals surface area (Å²) in [5.41, 5.74) is 0. The molecule has 0 aromatic rings. The molecule has 2 heteroatoms. The molecule has 1 fully saturated rings. The summed E-state index contributed by atoms with van der Waals surface area (Å²) in [5, 5.41) is 8.73. The first kappa shape index (κ1) is 8.13. The lowest BCUT2D eigenvalue weighted by atomic mass is 10.0. The van der Waals surface area contributed by atoms with Gasteiger partial charge >= 0.3 is 0 Å². The molecule has 1 heterocycles. The largest absolute Gasteiger partial charge is 0.307 e. The van der Waals surface area contributed by atoms with E-state index in [9.17, 15) is 0 Å². The van der Waals surface area contributed by atoms with E-state index in [1.54, 1.807) is 0 Å². The number of piperidine rings is 1. The maximum Gasteiger partial charge on any atom is 0.179 e. The number of nitrogens with zero attached hydrogens (tertiary/aromatic N) is 2. The molecule has 1 aliphatic heterocycles. The highest BCUT2D eigenvalue weighted by molar-refractivity contribution is 4.89. The zero-order chi connectivity index (χ0) is 8.10. The van der Waals surface area contributed by atoms with Crippen LogP contribution in [0.15, 0.2) is 12.7 Å². The monoisotopic (exact) mass is 150 g/mol. The molecule has 1 saturated heterocycles. The van der Waals surface area contributed by atoms with Gasteiger partial charge in [-0.05, 0) is 25.7 Å². The van der Waals surface area contributed by atoms with Gasteiger partial charge in [0.05, 0.1) is 0 Å². The average Bonchev–Trinajstić information content (AvgIpc) is 2.06. The molecule has 60 valence electrons. The smallest absolute Gasteiger partial charge is 0.179 e. The van der Waals surface area contributed by atoms with Crippen LogP contribution >= 0.6 is 0 Å². The Labute approximate surface area is 68.1 Å². The van der Waals surface area contributed by atoms with Crippen LogP contribution in [0.1, 0.15) is 25.7 Å². The van der Waals surface area contributed by atoms with Crippen LogP contribution in [-0.4, -0.2) is 17.5 Å². The van der Waals surface area contributed by atoms with Gasteiger partial charge in [0.15, 0.2) is 6.19 Å². The fraction of sp³-hybridized carbons (Fsp3) is 0.667. The van der Waals surface area contributed by atoms with Gasteiger partial charge in [-0.25, -0.2) is 0 Å². The zero-order valence-corrected chi connectivity index (χ0v) is 6.79. The van der Waals surface area contributed by atoms with Gasteiger partial charge in [0.1, 0.15) is 0 Å². The third-order valence-electron chi connectivity index (χ3n) is 2.19. The third kappa shape index (κ3) is 1.98. The number of likely N-dealkylation sites (tertiary alicyclic amines) is 1. The number of rotatable bonds is 2. The molecule has 0 amide bonds. The molecule has 0 radical (unpaired) electrons. The Hall–Kier alpha value is -0.970. The highest BCUT2D eigenvalue weighted by Crippen LogP contribution is 2.18. The Morgan fingerprint density at radius 3 is 3.09 bits per heavy atom. The topological polar surface area (TPSA) is 27.0 Å². The van der Waals surface area contributed by atoms with Crippen LogP contribution in [0.25, 0.3) is 0 Å². The summed E-state index contributed by atoms with van der Waals surface area (Å²) in [7, 11) is 0. The van der Waals surface area contributed by atoms with Crippen molar-refractivity contribution in [3.63, 3.8) is 0 Å². The van der Waals surface area contributed by atoms with E-state index < -0.39 is 0 Å². The van der Waals surface area contributed by atoms with Crippen molar-refractivity contribution in [2.45, 2.75) is 31.7 Å². The standard InChI is InChI=1S/C9H14N2/c1-2-5-9-6-3-4-7-11(9)8-10/h2,9H,1,3-7H2. The zero-order valence-electron chi connectivity index (χ0n) is 6.79. The minimum atomic E-state index is 0.436. The molecule has 0 aromatic carbocycles. The molecule has 1 atom stereocenters. The summed E-state index contributed by atoms with van der Waals surface area (Å²) in [5.74, 6) is 0. The first-order valence-corrected chi connectivity index (χ1v) is 4.15. The molecule has 1 rings (SSSR count). The Bertz CT molecular complexity index is 169. The van der Waals surface area contributed by atoms with Crippen molar-refractivity contribution in [1.29, 1.82) is 5.26 Å². The average molecular weight is 150 g/mol. The Morgan fingerprint density at radius 2 is 2.45 bits per heavy atom. The summed E-state index contributed by atoms with van der Waals surface area (Å²) in [6, 6.07) is 0.436. The molecule has 11 heavy (non-hydrogen) atoms. The van der Waals surface area contributed by atoms with Gasteiger partial charge in [-0.2, -0.15) is 5.26 Å². The van der Waals surface area contributed by atoms with E-state index in [4.69, 9.17) is 5.26 Å². The predicted molar refractivity (Wildman–Crippen MR) is 44.8 cm³/mol. The van der Waals surface area contributed by atoms with Crippen LogP contribution in [0, 0.1) is 11.5 Å². The predicted octanol–water partition coefficient (Wildman–Crippen LogP) is 1.90. The van der Waals surface area contributed by atoms with Crippen LogP contribution in [0.4, 0.5) is 0 Å². The van der Waals surface area contributed by atoms with Gasteiger partial charge in [-0.1, -0.05) is 6.08 Å². The maximum atomic E-state index is 8.73. The number of hydrogen-bond acceptors (Lipinski definition) is 2. The van der Waals surface area contributed by atoms with Gasteiger partial charge in [-0.15, -0.1) is 6.58 Å². The second-order valence-corrected chi connectivity index (χ2v) is 2.97. The van der Waals surface area contributed by atoms with Gasteiger partial charge in [-0.3, -0.25) is 0 Å². The maximum absolute atomic E-state index is 8.73. The van der Waals surface area contributed by atoms with Gasteiger partial charge in [0, 0.05) is 12.6 Å². The van der Waals surface area contributed by atoms with E-state index in [-0.39, 0.29) is 0 Å². The minimum Gasteiger partial charge on any atom is -0.307 e. The summed E-state index contributed by atoms with van der Waals surface area (Å²) < 4.78 is 0. The number of nitriles is 1. The highest BCUT2D eigenvalue weighted by Gasteiger charge is 2.19.